The van der Waals surface area contributed by atoms with Gasteiger partial charge in [0.25, 0.3) is 0 Å². The number of carbonyl (C=O) groups is 2. The lowest BCUT2D eigenvalue weighted by atomic mass is 10.1. The predicted octanol–water partition coefficient (Wildman–Crippen LogP) is 1.85. The third kappa shape index (κ3) is 2.77. The Kier molecular flexibility index (Phi) is 4.52. The van der Waals surface area contributed by atoms with Gasteiger partial charge in [-0.05, 0) is 18.6 Å². The first-order valence-corrected chi connectivity index (χ1v) is 5.66. The van der Waals surface area contributed by atoms with Crippen molar-refractivity contribution in [3.63, 3.8) is 0 Å². The highest BCUT2D eigenvalue weighted by molar-refractivity contribution is 6.33. The number of hydrogen-bond acceptors (Lipinski definition) is 3. The van der Waals surface area contributed by atoms with Crippen LogP contribution in [0.15, 0.2) is 18.2 Å². The molecule has 5 heteroatoms. The normalized spacial score (nSPS) is 11.9. The maximum absolute atomic E-state index is 11.3. The van der Waals surface area contributed by atoms with Crippen molar-refractivity contribution >= 4 is 29.5 Å². The molecule has 1 amide bonds. The molecule has 0 fully saturated rings. The molecule has 0 aromatic heterocycles. The first-order valence-electron chi connectivity index (χ1n) is 5.28. The first kappa shape index (κ1) is 13.5. The zero-order valence-corrected chi connectivity index (χ0v) is 10.6. The van der Waals surface area contributed by atoms with E-state index in [4.69, 9.17) is 17.3 Å². The zero-order chi connectivity index (χ0) is 13.0. The van der Waals surface area contributed by atoms with Crippen LogP contribution in [0.1, 0.15) is 23.7 Å². The van der Waals surface area contributed by atoms with E-state index in [-0.39, 0.29) is 0 Å². The summed E-state index contributed by atoms with van der Waals surface area (Å²) in [4.78, 5) is 24.0. The van der Waals surface area contributed by atoms with E-state index in [9.17, 15) is 9.59 Å². The fourth-order valence-electron chi connectivity index (χ4n) is 1.78. The molecule has 0 heterocycles. The number of primary amides is 1. The Bertz CT molecular complexity index is 435. The largest absolute Gasteiger partial charge is 0.368 e. The molecule has 4 nitrogen and oxygen atoms in total. The highest BCUT2D eigenvalue weighted by atomic mass is 35.5. The molecule has 0 saturated carbocycles. The lowest BCUT2D eigenvalue weighted by Crippen LogP contribution is -2.42. The van der Waals surface area contributed by atoms with Gasteiger partial charge < -0.3 is 10.6 Å². The lowest BCUT2D eigenvalue weighted by Gasteiger charge is -2.28. The number of likely N-dealkylation sites (N-methyl/N-ethyl adjacent to an activating group) is 1. The van der Waals surface area contributed by atoms with Crippen molar-refractivity contribution in [2.45, 2.75) is 19.4 Å². The van der Waals surface area contributed by atoms with E-state index in [2.05, 4.69) is 0 Å². The first-order chi connectivity index (χ1) is 8.02. The Balaban J connectivity index is 3.19. The van der Waals surface area contributed by atoms with Crippen LogP contribution in [-0.4, -0.2) is 25.3 Å². The summed E-state index contributed by atoms with van der Waals surface area (Å²) in [6.07, 6.45) is 1.25. The van der Waals surface area contributed by atoms with Gasteiger partial charge in [-0.1, -0.05) is 24.6 Å². The molecule has 1 rings (SSSR count). The Morgan fingerprint density at radius 2 is 2.24 bits per heavy atom. The molecule has 0 radical (unpaired) electrons. The van der Waals surface area contributed by atoms with Gasteiger partial charge in [0, 0.05) is 12.7 Å². The maximum Gasteiger partial charge on any atom is 0.240 e. The van der Waals surface area contributed by atoms with Crippen LogP contribution in [0.2, 0.25) is 5.02 Å². The molecule has 92 valence electrons. The van der Waals surface area contributed by atoms with Crippen LogP contribution in [0.25, 0.3) is 0 Å². The van der Waals surface area contributed by atoms with E-state index in [1.165, 1.54) is 0 Å². The number of nitrogens with two attached hydrogens (primary N) is 1. The van der Waals surface area contributed by atoms with E-state index in [0.717, 1.165) is 0 Å². The summed E-state index contributed by atoms with van der Waals surface area (Å²) in [6.45, 7) is 1.86. The molecule has 1 unspecified atom stereocenters. The van der Waals surface area contributed by atoms with Gasteiger partial charge in [0.15, 0.2) is 6.29 Å². The van der Waals surface area contributed by atoms with E-state index in [0.29, 0.717) is 29.0 Å². The van der Waals surface area contributed by atoms with Crippen molar-refractivity contribution in [1.82, 2.24) is 0 Å². The van der Waals surface area contributed by atoms with Crippen LogP contribution in [0.4, 0.5) is 5.69 Å². The number of benzene rings is 1. The Labute approximate surface area is 105 Å². The molecular formula is C12H15ClN2O2. The van der Waals surface area contributed by atoms with Crippen LogP contribution >= 0.6 is 11.6 Å². The Hall–Kier alpha value is -1.55. The number of halogens is 1. The van der Waals surface area contributed by atoms with Crippen molar-refractivity contribution in [3.8, 4) is 0 Å². The van der Waals surface area contributed by atoms with Crippen LogP contribution in [0, 0.1) is 0 Å². The second kappa shape index (κ2) is 5.68. The number of carbonyl (C=O) groups excluding carboxylic acids is 2. The van der Waals surface area contributed by atoms with Gasteiger partial charge in [-0.3, -0.25) is 9.59 Å². The van der Waals surface area contributed by atoms with E-state index < -0.39 is 11.9 Å². The van der Waals surface area contributed by atoms with E-state index in [1.54, 1.807) is 30.1 Å². The van der Waals surface area contributed by atoms with Gasteiger partial charge in [-0.2, -0.15) is 0 Å². The quantitative estimate of drug-likeness (QED) is 0.816. The van der Waals surface area contributed by atoms with Crippen LogP contribution < -0.4 is 10.6 Å². The molecule has 0 spiro atoms. The van der Waals surface area contributed by atoms with Crippen LogP contribution in [0.3, 0.4) is 0 Å². The number of nitrogens with zero attached hydrogens (tertiary/aromatic N) is 1. The second-order valence-corrected chi connectivity index (χ2v) is 4.14. The van der Waals surface area contributed by atoms with Crippen LogP contribution in [-0.2, 0) is 4.79 Å². The van der Waals surface area contributed by atoms with Crippen LogP contribution in [0.5, 0.6) is 0 Å². The van der Waals surface area contributed by atoms with Gasteiger partial charge in [0.1, 0.15) is 6.04 Å². The summed E-state index contributed by atoms with van der Waals surface area (Å²) in [5.41, 5.74) is 6.29. The van der Waals surface area contributed by atoms with Crippen molar-refractivity contribution in [1.29, 1.82) is 0 Å². The second-order valence-electron chi connectivity index (χ2n) is 3.73. The van der Waals surface area contributed by atoms with Crippen molar-refractivity contribution < 1.29 is 9.59 Å². The minimum Gasteiger partial charge on any atom is -0.368 e. The third-order valence-corrected chi connectivity index (χ3v) is 3.04. The molecule has 2 N–H and O–H groups in total. The number of rotatable bonds is 5. The van der Waals surface area contributed by atoms with Gasteiger partial charge in [-0.15, -0.1) is 0 Å². The number of anilines is 1. The number of amides is 1. The summed E-state index contributed by atoms with van der Waals surface area (Å²) >= 11 is 5.93. The molecule has 1 aromatic rings. The van der Waals surface area contributed by atoms with Gasteiger partial charge >= 0.3 is 0 Å². The van der Waals surface area contributed by atoms with Gasteiger partial charge in [0.2, 0.25) is 5.91 Å². The minimum absolute atomic E-state index is 0.365. The Morgan fingerprint density at radius 3 is 2.71 bits per heavy atom. The molecule has 1 aromatic carbocycles. The third-order valence-electron chi connectivity index (χ3n) is 2.71. The molecule has 1 atom stereocenters. The van der Waals surface area contributed by atoms with Crippen molar-refractivity contribution in [2.75, 3.05) is 11.9 Å². The highest BCUT2D eigenvalue weighted by Crippen LogP contribution is 2.26. The topological polar surface area (TPSA) is 63.4 Å². The summed E-state index contributed by atoms with van der Waals surface area (Å²) < 4.78 is 0. The molecule has 0 aliphatic heterocycles. The monoisotopic (exact) mass is 254 g/mol. The number of hydrogen-bond donors (Lipinski definition) is 1. The lowest BCUT2D eigenvalue weighted by molar-refractivity contribution is -0.119. The summed E-state index contributed by atoms with van der Waals surface area (Å²) in [5.74, 6) is -0.424. The molecule has 0 saturated heterocycles. The zero-order valence-electron chi connectivity index (χ0n) is 9.81. The smallest absolute Gasteiger partial charge is 0.240 e. The van der Waals surface area contributed by atoms with E-state index >= 15 is 0 Å². The average Bonchev–Trinajstić information content (AvgIpc) is 2.28. The van der Waals surface area contributed by atoms with Crippen molar-refractivity contribution in [2.24, 2.45) is 5.73 Å². The number of aldehydes is 1. The maximum atomic E-state index is 11.3. The SMILES string of the molecule is CCC(C(N)=O)N(C)c1cccc(Cl)c1C=O. The summed E-state index contributed by atoms with van der Waals surface area (Å²) in [6, 6.07) is 4.65. The molecule has 0 bridgehead atoms. The Morgan fingerprint density at radius 1 is 1.59 bits per heavy atom. The molecule has 17 heavy (non-hydrogen) atoms. The molecular weight excluding hydrogens is 240 g/mol. The fourth-order valence-corrected chi connectivity index (χ4v) is 2.00. The van der Waals surface area contributed by atoms with Gasteiger partial charge in [-0.25, -0.2) is 0 Å². The fraction of sp³-hybridized carbons (Fsp3) is 0.333. The summed E-state index contributed by atoms with van der Waals surface area (Å²) in [5, 5.41) is 0.365. The standard InChI is InChI=1S/C12H15ClN2O2/c1-3-10(12(14)17)15(2)11-6-4-5-9(13)8(11)7-16/h4-7,10H,3H2,1-2H3,(H2,14,17). The minimum atomic E-state index is -0.452. The molecule has 0 aliphatic carbocycles. The summed E-state index contributed by atoms with van der Waals surface area (Å²) in [7, 11) is 1.72. The molecule has 0 aliphatic rings. The van der Waals surface area contributed by atoms with Gasteiger partial charge in [0.05, 0.1) is 10.6 Å². The van der Waals surface area contributed by atoms with Crippen molar-refractivity contribution in [3.05, 3.63) is 28.8 Å². The highest BCUT2D eigenvalue weighted by Gasteiger charge is 2.21. The van der Waals surface area contributed by atoms with E-state index in [1.807, 2.05) is 6.92 Å². The average molecular weight is 255 g/mol. The predicted molar refractivity (Wildman–Crippen MR) is 68.5 cm³/mol.